The molecule has 1 saturated carbocycles. The first kappa shape index (κ1) is 29.3. The zero-order valence-corrected chi connectivity index (χ0v) is 27.4. The van der Waals surface area contributed by atoms with Gasteiger partial charge in [-0.15, -0.1) is 34.0 Å². The fraction of sp³-hybridized carbons (Fsp3) is 0.294. The van der Waals surface area contributed by atoms with E-state index in [0.29, 0.717) is 22.3 Å². The lowest BCUT2D eigenvalue weighted by Gasteiger charge is -2.37. The Labute approximate surface area is 271 Å². The summed E-state index contributed by atoms with van der Waals surface area (Å²) in [5.74, 6) is -1.93. The largest absolute Gasteiger partial charge is 0.287 e. The monoisotopic (exact) mass is 650 g/mol. The molecule has 45 heavy (non-hydrogen) atoms. The Morgan fingerprint density at radius 2 is 1.53 bits per heavy atom. The molecule has 8 nitrogen and oxygen atoms in total. The molecular weight excluding hydrogens is 625 g/mol. The van der Waals surface area contributed by atoms with Crippen molar-refractivity contribution in [1.82, 2.24) is 9.80 Å². The molecule has 0 unspecified atom stereocenters. The van der Waals surface area contributed by atoms with E-state index in [0.717, 1.165) is 61.8 Å². The molecule has 1 spiro atoms. The highest BCUT2D eigenvalue weighted by Crippen LogP contribution is 2.59. The lowest BCUT2D eigenvalue weighted by molar-refractivity contribution is -0.140. The summed E-state index contributed by atoms with van der Waals surface area (Å²) in [6.45, 7) is 10.8. The van der Waals surface area contributed by atoms with E-state index in [1.165, 1.54) is 33.9 Å². The minimum atomic E-state index is -0.573. The Morgan fingerprint density at radius 3 is 2.20 bits per heavy atom. The van der Waals surface area contributed by atoms with Crippen LogP contribution in [0.1, 0.15) is 61.3 Å². The summed E-state index contributed by atoms with van der Waals surface area (Å²) in [6.07, 6.45) is 11.1. The van der Waals surface area contributed by atoms with Crippen molar-refractivity contribution >= 4 is 88.6 Å². The van der Waals surface area contributed by atoms with Crippen LogP contribution in [-0.4, -0.2) is 47.5 Å². The van der Waals surface area contributed by atoms with E-state index in [2.05, 4.69) is 17.0 Å². The highest BCUT2D eigenvalue weighted by molar-refractivity contribution is 7.39. The first-order valence-corrected chi connectivity index (χ1v) is 17.0. The lowest BCUT2D eigenvalue weighted by Crippen LogP contribution is -2.40. The Kier molecular flexibility index (Phi) is 6.71. The van der Waals surface area contributed by atoms with Crippen molar-refractivity contribution in [3.05, 3.63) is 78.0 Å². The molecule has 0 bridgehead atoms. The summed E-state index contributed by atoms with van der Waals surface area (Å²) < 4.78 is 4.73. The number of hydrogen-bond donors (Lipinski definition) is 0. The number of likely N-dealkylation sites (N-methyl/N-ethyl adjacent to an activating group) is 2. The van der Waals surface area contributed by atoms with Crippen molar-refractivity contribution in [3.63, 3.8) is 0 Å². The Balaban J connectivity index is 1.36. The zero-order valence-electron chi connectivity index (χ0n) is 25.0. The number of carbonyl (C=O) groups is 4. The summed E-state index contributed by atoms with van der Waals surface area (Å²) in [5, 5.41) is 9.66. The first-order valence-electron chi connectivity index (χ1n) is 14.5. The smallest absolute Gasteiger partial charge is 0.271 e. The van der Waals surface area contributed by atoms with Crippen LogP contribution in [0.25, 0.3) is 35.8 Å². The Bertz CT molecular complexity index is 2190. The van der Waals surface area contributed by atoms with Crippen LogP contribution in [0.2, 0.25) is 0 Å². The summed E-state index contributed by atoms with van der Waals surface area (Å²) in [6, 6.07) is 4.08. The van der Waals surface area contributed by atoms with Gasteiger partial charge in [-0.05, 0) is 73.3 Å². The number of thiophene rings is 3. The fourth-order valence-electron chi connectivity index (χ4n) is 7.02. The van der Waals surface area contributed by atoms with Gasteiger partial charge in [0.2, 0.25) is 0 Å². The first-order chi connectivity index (χ1) is 21.5. The molecule has 3 aromatic heterocycles. The number of nitriles is 1. The maximum absolute atomic E-state index is 13.3. The molecule has 3 aromatic rings. The topological polar surface area (TPSA) is 103 Å². The number of hydrogen-bond acceptors (Lipinski definition) is 8. The summed E-state index contributed by atoms with van der Waals surface area (Å²) >= 11 is 5.09. The van der Waals surface area contributed by atoms with Gasteiger partial charge in [0, 0.05) is 45.1 Å². The molecule has 0 saturated heterocycles. The summed E-state index contributed by atoms with van der Waals surface area (Å²) in [4.78, 5) is 58.7. The second kappa shape index (κ2) is 10.3. The molecule has 11 heteroatoms. The molecule has 2 aliphatic carbocycles. The quantitative estimate of drug-likeness (QED) is 0.167. The average Bonchev–Trinajstić information content (AvgIpc) is 3.74. The van der Waals surface area contributed by atoms with Crippen LogP contribution >= 0.6 is 34.0 Å². The van der Waals surface area contributed by atoms with Crippen LogP contribution in [-0.2, 0) is 24.6 Å². The van der Waals surface area contributed by atoms with Gasteiger partial charge in [-0.1, -0.05) is 19.3 Å². The zero-order chi connectivity index (χ0) is 31.9. The van der Waals surface area contributed by atoms with Crippen molar-refractivity contribution in [2.75, 3.05) is 14.1 Å². The van der Waals surface area contributed by atoms with Crippen molar-refractivity contribution in [3.8, 4) is 6.07 Å². The second-order valence-electron chi connectivity index (χ2n) is 11.8. The number of carbonyl (C=O) groups excluding carboxylic acids is 4. The molecule has 0 aromatic carbocycles. The van der Waals surface area contributed by atoms with Crippen molar-refractivity contribution in [2.24, 2.45) is 0 Å². The van der Waals surface area contributed by atoms with Crippen LogP contribution < -0.4 is 0 Å². The van der Waals surface area contributed by atoms with E-state index in [1.54, 1.807) is 53.9 Å². The van der Waals surface area contributed by atoms with Crippen LogP contribution in [0.3, 0.4) is 0 Å². The maximum atomic E-state index is 13.3. The van der Waals surface area contributed by atoms with Gasteiger partial charge >= 0.3 is 0 Å². The number of fused-ring (bicyclic) bond motifs is 6. The predicted molar refractivity (Wildman–Crippen MR) is 177 cm³/mol. The van der Waals surface area contributed by atoms with Gasteiger partial charge in [-0.2, -0.15) is 5.26 Å². The van der Waals surface area contributed by atoms with E-state index >= 15 is 0 Å². The molecule has 0 radical (unpaired) electrons. The number of allylic oxidation sites excluding steroid dienone is 2. The molecule has 7 rings (SSSR count). The molecule has 5 heterocycles. The van der Waals surface area contributed by atoms with Crippen molar-refractivity contribution in [1.29, 1.82) is 5.26 Å². The van der Waals surface area contributed by atoms with Crippen LogP contribution in [0.4, 0.5) is 0 Å². The van der Waals surface area contributed by atoms with Crippen LogP contribution in [0.5, 0.6) is 0 Å². The van der Waals surface area contributed by atoms with E-state index in [-0.39, 0.29) is 22.6 Å². The molecule has 0 N–H and O–H groups in total. The van der Waals surface area contributed by atoms with Gasteiger partial charge in [0.05, 0.1) is 20.7 Å². The lowest BCUT2D eigenvalue weighted by atomic mass is 9.67. The summed E-state index contributed by atoms with van der Waals surface area (Å²) in [7, 11) is 2.83. The third kappa shape index (κ3) is 4.04. The number of amides is 4. The SMILES string of the molecule is [C-]#[N+]C1=C(C)/C(=C\c2cc3sc4c5c(sc4c3s2)C=C(/C=C2/C(=O)N(C)C(=O)C(C#N)=C2C)C52CCCCC2)C(=O)N(C)C1=O. The molecule has 224 valence electrons. The van der Waals surface area contributed by atoms with E-state index < -0.39 is 17.7 Å². The van der Waals surface area contributed by atoms with E-state index in [1.807, 2.05) is 12.1 Å². The van der Waals surface area contributed by atoms with Crippen LogP contribution in [0, 0.1) is 17.9 Å². The molecule has 1 fully saturated rings. The molecule has 0 atom stereocenters. The van der Waals surface area contributed by atoms with Crippen molar-refractivity contribution < 1.29 is 19.2 Å². The Hall–Kier alpha value is -4.42. The predicted octanol–water partition coefficient (Wildman–Crippen LogP) is 7.12. The van der Waals surface area contributed by atoms with Gasteiger partial charge in [0.25, 0.3) is 29.3 Å². The molecule has 4 aliphatic rings. The normalized spacial score (nSPS) is 22.0. The molecule has 4 amide bonds. The number of imide groups is 2. The van der Waals surface area contributed by atoms with Gasteiger partial charge in [-0.3, -0.25) is 29.0 Å². The van der Waals surface area contributed by atoms with Gasteiger partial charge in [0.15, 0.2) is 0 Å². The van der Waals surface area contributed by atoms with Gasteiger partial charge in [-0.25, -0.2) is 4.85 Å². The van der Waals surface area contributed by atoms with Crippen LogP contribution in [0.15, 0.2) is 51.3 Å². The van der Waals surface area contributed by atoms with Gasteiger partial charge < -0.3 is 0 Å². The number of nitrogens with zero attached hydrogens (tertiary/aromatic N) is 4. The highest BCUT2D eigenvalue weighted by Gasteiger charge is 2.45. The van der Waals surface area contributed by atoms with Crippen molar-refractivity contribution in [2.45, 2.75) is 51.4 Å². The standard InChI is InChI=1S/C34H26N4O4S3/c1-16-20(30(39)37(4)32(41)22(16)15-35)11-18-12-23-25(34(18)9-7-6-8-10-34)28-29(44-23)27-24(45-28)14-19(43-27)13-21-17(2)26(36-3)33(42)38(5)31(21)40/h11-14H,6-10H2,1-2,4-5H3/b20-11+,21-13+. The Morgan fingerprint density at radius 1 is 0.867 bits per heavy atom. The summed E-state index contributed by atoms with van der Waals surface area (Å²) in [5.41, 5.74) is 3.71. The molecule has 2 aliphatic heterocycles. The third-order valence-electron chi connectivity index (χ3n) is 9.50. The van der Waals surface area contributed by atoms with E-state index in [9.17, 15) is 24.4 Å². The highest BCUT2D eigenvalue weighted by atomic mass is 32.1. The maximum Gasteiger partial charge on any atom is 0.271 e. The molecular formula is C34H26N4O4S3. The number of rotatable bonds is 2. The van der Waals surface area contributed by atoms with E-state index in [4.69, 9.17) is 6.57 Å². The minimum absolute atomic E-state index is 0.00485. The average molecular weight is 651 g/mol. The third-order valence-corrected chi connectivity index (χ3v) is 13.3. The second-order valence-corrected chi connectivity index (χ2v) is 15.0. The fourth-order valence-corrected chi connectivity index (χ4v) is 11.4. The van der Waals surface area contributed by atoms with Gasteiger partial charge in [0.1, 0.15) is 11.6 Å². The minimum Gasteiger partial charge on any atom is -0.287 e.